The number of hydrogen-bond acceptors (Lipinski definition) is 4. The number of aryl methyl sites for hydroxylation is 1. The van der Waals surface area contributed by atoms with E-state index in [1.807, 2.05) is 0 Å². The molecule has 0 saturated carbocycles. The molecule has 7 heteroatoms. The Hall–Kier alpha value is -1.76. The molecular weight excluding hydrogens is 242 g/mol. The number of nitrogens with zero attached hydrogens (tertiary/aromatic N) is 1. The fourth-order valence-corrected chi connectivity index (χ4v) is 2.96. The van der Waals surface area contributed by atoms with E-state index in [-0.39, 0.29) is 11.7 Å². The second kappa shape index (κ2) is 3.92. The van der Waals surface area contributed by atoms with Gasteiger partial charge in [0.15, 0.2) is 9.84 Å². The Labute approximate surface area is 99.0 Å². The lowest BCUT2D eigenvalue weighted by Crippen LogP contribution is -2.36. The highest BCUT2D eigenvalue weighted by atomic mass is 32.2. The van der Waals surface area contributed by atoms with E-state index in [0.717, 1.165) is 5.41 Å². The first-order valence-corrected chi connectivity index (χ1v) is 6.72. The normalized spacial score (nSPS) is 21.6. The number of carbonyl (C=O) groups is 1. The Balaban J connectivity index is 2.09. The molecule has 1 aromatic heterocycles. The van der Waals surface area contributed by atoms with Crippen molar-refractivity contribution >= 4 is 21.4 Å². The predicted molar refractivity (Wildman–Crippen MR) is 64.0 cm³/mol. The van der Waals surface area contributed by atoms with Crippen molar-refractivity contribution in [3.63, 3.8) is 0 Å². The van der Waals surface area contributed by atoms with Crippen LogP contribution < -0.4 is 11.1 Å². The summed E-state index contributed by atoms with van der Waals surface area (Å²) < 4.78 is 23.9. The largest absolute Gasteiger partial charge is 0.397 e. The minimum Gasteiger partial charge on any atom is -0.397 e. The Bertz CT molecular complexity index is 586. The lowest BCUT2D eigenvalue weighted by molar-refractivity contribution is 0.0939. The van der Waals surface area contributed by atoms with Gasteiger partial charge in [-0.2, -0.15) is 0 Å². The molecule has 1 aromatic rings. The Morgan fingerprint density at radius 1 is 1.59 bits per heavy atom. The molecule has 0 aliphatic carbocycles. The van der Waals surface area contributed by atoms with Crippen LogP contribution in [0.15, 0.2) is 23.7 Å². The van der Waals surface area contributed by atoms with Crippen LogP contribution in [0.5, 0.6) is 0 Å². The Morgan fingerprint density at radius 3 is 2.76 bits per heavy atom. The second-order valence-corrected chi connectivity index (χ2v) is 5.94. The number of nitrogens with one attached hydrogen (secondary N) is 1. The molecule has 0 aromatic carbocycles. The van der Waals surface area contributed by atoms with Gasteiger partial charge in [-0.1, -0.05) is 0 Å². The summed E-state index contributed by atoms with van der Waals surface area (Å²) >= 11 is 0. The van der Waals surface area contributed by atoms with Crippen molar-refractivity contribution in [2.45, 2.75) is 6.04 Å². The van der Waals surface area contributed by atoms with Crippen LogP contribution in [0.3, 0.4) is 0 Å². The summed E-state index contributed by atoms with van der Waals surface area (Å²) in [5, 5.41) is 3.75. The summed E-state index contributed by atoms with van der Waals surface area (Å²) in [4.78, 5) is 11.8. The van der Waals surface area contributed by atoms with Gasteiger partial charge in [0, 0.05) is 18.7 Å². The molecule has 1 atom stereocenters. The predicted octanol–water partition coefficient (Wildman–Crippen LogP) is -0.352. The van der Waals surface area contributed by atoms with Gasteiger partial charge >= 0.3 is 0 Å². The van der Waals surface area contributed by atoms with Crippen molar-refractivity contribution in [2.24, 2.45) is 7.05 Å². The quantitative estimate of drug-likeness (QED) is 0.755. The topological polar surface area (TPSA) is 94.2 Å². The molecule has 0 radical (unpaired) electrons. The van der Waals surface area contributed by atoms with Crippen molar-refractivity contribution in [1.29, 1.82) is 0 Å². The number of nitrogen functional groups attached to an aromatic ring is 1. The number of sulfone groups is 1. The average molecular weight is 255 g/mol. The molecule has 0 fully saturated rings. The maximum Gasteiger partial charge on any atom is 0.268 e. The van der Waals surface area contributed by atoms with Crippen LogP contribution in [0.4, 0.5) is 5.69 Å². The molecule has 17 heavy (non-hydrogen) atoms. The smallest absolute Gasteiger partial charge is 0.268 e. The Morgan fingerprint density at radius 2 is 2.29 bits per heavy atom. The minimum atomic E-state index is -3.15. The zero-order chi connectivity index (χ0) is 12.6. The van der Waals surface area contributed by atoms with Gasteiger partial charge in [-0.25, -0.2) is 8.42 Å². The van der Waals surface area contributed by atoms with Gasteiger partial charge in [0.05, 0.1) is 17.5 Å². The summed E-state index contributed by atoms with van der Waals surface area (Å²) in [7, 11) is -1.45. The number of hydrogen-bond donors (Lipinski definition) is 2. The number of amides is 1. The molecule has 6 nitrogen and oxygen atoms in total. The van der Waals surface area contributed by atoms with Crippen LogP contribution in [-0.4, -0.2) is 30.7 Å². The molecule has 1 aliphatic heterocycles. The lowest BCUT2D eigenvalue weighted by atomic mass is 10.3. The van der Waals surface area contributed by atoms with Crippen LogP contribution in [-0.2, 0) is 16.9 Å². The van der Waals surface area contributed by atoms with Crippen molar-refractivity contribution in [1.82, 2.24) is 9.88 Å². The third kappa shape index (κ3) is 2.50. The molecule has 2 rings (SSSR count). The first kappa shape index (κ1) is 11.7. The minimum absolute atomic E-state index is 0.0847. The highest BCUT2D eigenvalue weighted by molar-refractivity contribution is 7.94. The van der Waals surface area contributed by atoms with E-state index in [0.29, 0.717) is 11.4 Å². The van der Waals surface area contributed by atoms with E-state index >= 15 is 0 Å². The SMILES string of the molecule is Cn1cc(N)cc1C(=O)NC1C=CS(=O)(=O)C1. The van der Waals surface area contributed by atoms with Crippen LogP contribution in [0.1, 0.15) is 10.5 Å². The monoisotopic (exact) mass is 255 g/mol. The van der Waals surface area contributed by atoms with Crippen molar-refractivity contribution < 1.29 is 13.2 Å². The van der Waals surface area contributed by atoms with Crippen LogP contribution in [0.25, 0.3) is 0 Å². The van der Waals surface area contributed by atoms with Crippen molar-refractivity contribution in [3.05, 3.63) is 29.4 Å². The molecule has 1 unspecified atom stereocenters. The summed E-state index contributed by atoms with van der Waals surface area (Å²) in [5.74, 6) is -0.422. The van der Waals surface area contributed by atoms with Gasteiger partial charge in [0.25, 0.3) is 5.91 Å². The van der Waals surface area contributed by atoms with Crippen molar-refractivity contribution in [2.75, 3.05) is 11.5 Å². The number of rotatable bonds is 2. The van der Waals surface area contributed by atoms with Crippen LogP contribution in [0, 0.1) is 0 Å². The van der Waals surface area contributed by atoms with Crippen LogP contribution >= 0.6 is 0 Å². The van der Waals surface area contributed by atoms with E-state index in [4.69, 9.17) is 5.73 Å². The summed E-state index contributed by atoms with van der Waals surface area (Å²) in [5.41, 5.74) is 6.45. The zero-order valence-corrected chi connectivity index (χ0v) is 10.1. The average Bonchev–Trinajstić information content (AvgIpc) is 2.69. The summed E-state index contributed by atoms with van der Waals surface area (Å²) in [6, 6.07) is 1.08. The molecule has 0 saturated heterocycles. The molecule has 3 N–H and O–H groups in total. The lowest BCUT2D eigenvalue weighted by Gasteiger charge is -2.10. The zero-order valence-electron chi connectivity index (χ0n) is 9.25. The molecule has 92 valence electrons. The fraction of sp³-hybridized carbons (Fsp3) is 0.300. The maximum atomic E-state index is 11.8. The summed E-state index contributed by atoms with van der Waals surface area (Å²) in [6.45, 7) is 0. The molecule has 0 bridgehead atoms. The van der Waals surface area contributed by atoms with Gasteiger partial charge in [0.2, 0.25) is 0 Å². The van der Waals surface area contributed by atoms with Gasteiger partial charge < -0.3 is 15.6 Å². The molecule has 1 aliphatic rings. The number of anilines is 1. The number of aromatic nitrogens is 1. The van der Waals surface area contributed by atoms with Crippen molar-refractivity contribution in [3.8, 4) is 0 Å². The third-order valence-corrected chi connectivity index (χ3v) is 3.90. The van der Waals surface area contributed by atoms with E-state index in [2.05, 4.69) is 5.32 Å². The molecular formula is C10H13N3O3S. The Kier molecular flexibility index (Phi) is 2.70. The molecule has 0 spiro atoms. The second-order valence-electron chi connectivity index (χ2n) is 4.01. The van der Waals surface area contributed by atoms with E-state index in [1.54, 1.807) is 23.9 Å². The highest BCUT2D eigenvalue weighted by Gasteiger charge is 2.24. The maximum absolute atomic E-state index is 11.8. The summed E-state index contributed by atoms with van der Waals surface area (Å²) in [6.07, 6.45) is 3.09. The standard InChI is InChI=1S/C10H13N3O3S/c1-13-5-7(11)4-9(13)10(14)12-8-2-3-17(15,16)6-8/h2-5,8H,6,11H2,1H3,(H,12,14). The first-order chi connectivity index (χ1) is 7.87. The third-order valence-electron chi connectivity index (χ3n) is 2.51. The molecule has 1 amide bonds. The van der Waals surface area contributed by atoms with E-state index in [9.17, 15) is 13.2 Å². The van der Waals surface area contributed by atoms with Gasteiger partial charge in [0.1, 0.15) is 5.69 Å². The number of nitrogens with two attached hydrogens (primary N) is 1. The van der Waals surface area contributed by atoms with E-state index in [1.165, 1.54) is 6.08 Å². The van der Waals surface area contributed by atoms with E-state index < -0.39 is 15.9 Å². The van der Waals surface area contributed by atoms with Crippen LogP contribution in [0.2, 0.25) is 0 Å². The highest BCUT2D eigenvalue weighted by Crippen LogP contribution is 2.11. The van der Waals surface area contributed by atoms with Gasteiger partial charge in [-0.3, -0.25) is 4.79 Å². The number of carbonyl (C=O) groups excluding carboxylic acids is 1. The first-order valence-electron chi connectivity index (χ1n) is 5.01. The van der Waals surface area contributed by atoms with Gasteiger partial charge in [-0.15, -0.1) is 0 Å². The molecule has 2 heterocycles. The van der Waals surface area contributed by atoms with Gasteiger partial charge in [-0.05, 0) is 12.1 Å². The fourth-order valence-electron chi connectivity index (χ4n) is 1.72.